The van der Waals surface area contributed by atoms with E-state index in [4.69, 9.17) is 0 Å². The molecule has 1 aromatic heterocycles. The van der Waals surface area contributed by atoms with Gasteiger partial charge in [-0.3, -0.25) is 4.98 Å². The van der Waals surface area contributed by atoms with Gasteiger partial charge in [-0.15, -0.1) is 0 Å². The van der Waals surface area contributed by atoms with Crippen LogP contribution >= 0.6 is 0 Å². The van der Waals surface area contributed by atoms with Crippen molar-refractivity contribution >= 4 is 10.8 Å². The van der Waals surface area contributed by atoms with Crippen molar-refractivity contribution < 1.29 is 0 Å². The van der Waals surface area contributed by atoms with Gasteiger partial charge in [-0.05, 0) is 29.0 Å². The maximum Gasteiger partial charge on any atom is 0.0327 e. The van der Waals surface area contributed by atoms with Gasteiger partial charge in [0.1, 0.15) is 0 Å². The van der Waals surface area contributed by atoms with Crippen LogP contribution in [-0.2, 0) is 0 Å². The van der Waals surface area contributed by atoms with Crippen LogP contribution in [0.3, 0.4) is 0 Å². The van der Waals surface area contributed by atoms with Gasteiger partial charge in [-0.2, -0.15) is 0 Å². The normalized spacial score (nSPS) is 9.78. The van der Waals surface area contributed by atoms with Gasteiger partial charge >= 0.3 is 0 Å². The maximum atomic E-state index is 3.98. The fourth-order valence-corrected chi connectivity index (χ4v) is 1.91. The van der Waals surface area contributed by atoms with E-state index in [2.05, 4.69) is 41.1 Å². The molecular weight excluding hydrogens is 218 g/mol. The van der Waals surface area contributed by atoms with Crippen molar-refractivity contribution in [1.82, 2.24) is 4.98 Å². The summed E-state index contributed by atoms with van der Waals surface area (Å²) in [4.78, 5) is 3.98. The predicted molar refractivity (Wildman–Crippen MR) is 74.2 cm³/mol. The SMILES string of the molecule is C(#Cc1cccc2ccccc12)c1ccncc1. The molecule has 1 heteroatoms. The second-order valence-corrected chi connectivity index (χ2v) is 4.01. The van der Waals surface area contributed by atoms with Crippen LogP contribution in [0.15, 0.2) is 67.0 Å². The molecule has 18 heavy (non-hydrogen) atoms. The van der Waals surface area contributed by atoms with Crippen molar-refractivity contribution in [2.24, 2.45) is 0 Å². The first-order chi connectivity index (χ1) is 8.93. The van der Waals surface area contributed by atoms with E-state index in [0.29, 0.717) is 0 Å². The highest BCUT2D eigenvalue weighted by Crippen LogP contribution is 2.17. The third kappa shape index (κ3) is 2.09. The smallest absolute Gasteiger partial charge is 0.0327 e. The van der Waals surface area contributed by atoms with Gasteiger partial charge < -0.3 is 0 Å². The van der Waals surface area contributed by atoms with E-state index in [0.717, 1.165) is 11.1 Å². The number of benzene rings is 2. The quantitative estimate of drug-likeness (QED) is 0.536. The highest BCUT2D eigenvalue weighted by Gasteiger charge is 1.95. The van der Waals surface area contributed by atoms with Crippen molar-refractivity contribution in [3.05, 3.63) is 78.1 Å². The molecule has 0 amide bonds. The van der Waals surface area contributed by atoms with Gasteiger partial charge in [0.05, 0.1) is 0 Å². The van der Waals surface area contributed by atoms with E-state index in [1.54, 1.807) is 12.4 Å². The minimum absolute atomic E-state index is 0.984. The zero-order valence-corrected chi connectivity index (χ0v) is 9.80. The molecule has 2 aromatic carbocycles. The maximum absolute atomic E-state index is 3.98. The van der Waals surface area contributed by atoms with Crippen LogP contribution in [0.2, 0.25) is 0 Å². The molecule has 0 aliphatic heterocycles. The van der Waals surface area contributed by atoms with Crippen LogP contribution in [0.1, 0.15) is 11.1 Å². The molecule has 0 bridgehead atoms. The van der Waals surface area contributed by atoms with Crippen LogP contribution in [0.4, 0.5) is 0 Å². The molecule has 0 fully saturated rings. The number of aromatic nitrogens is 1. The standard InChI is InChI=1S/C17H11N/c1-2-7-17-15(4-1)5-3-6-16(17)9-8-14-10-12-18-13-11-14/h1-7,10-13H. The summed E-state index contributed by atoms with van der Waals surface area (Å²) in [5, 5.41) is 2.42. The topological polar surface area (TPSA) is 12.9 Å². The van der Waals surface area contributed by atoms with Crippen molar-refractivity contribution in [3.63, 3.8) is 0 Å². The zero-order chi connectivity index (χ0) is 12.2. The van der Waals surface area contributed by atoms with E-state index in [-0.39, 0.29) is 0 Å². The van der Waals surface area contributed by atoms with Gasteiger partial charge in [-0.25, -0.2) is 0 Å². The van der Waals surface area contributed by atoms with Gasteiger partial charge in [0, 0.05) is 23.5 Å². The Hall–Kier alpha value is -2.59. The molecule has 0 unspecified atom stereocenters. The Morgan fingerprint density at radius 2 is 1.50 bits per heavy atom. The predicted octanol–water partition coefficient (Wildman–Crippen LogP) is 3.63. The van der Waals surface area contributed by atoms with E-state index in [1.165, 1.54) is 10.8 Å². The fourth-order valence-electron chi connectivity index (χ4n) is 1.91. The molecule has 0 spiro atoms. The Morgan fingerprint density at radius 3 is 2.39 bits per heavy atom. The lowest BCUT2D eigenvalue weighted by atomic mass is 10.0. The van der Waals surface area contributed by atoms with Crippen molar-refractivity contribution in [2.45, 2.75) is 0 Å². The van der Waals surface area contributed by atoms with Crippen LogP contribution in [0.5, 0.6) is 0 Å². The van der Waals surface area contributed by atoms with Crippen molar-refractivity contribution in [2.75, 3.05) is 0 Å². The summed E-state index contributed by atoms with van der Waals surface area (Å²) in [6, 6.07) is 18.3. The molecule has 0 atom stereocenters. The average molecular weight is 229 g/mol. The molecule has 1 nitrogen and oxygen atoms in total. The summed E-state index contributed by atoms with van der Waals surface area (Å²) >= 11 is 0. The number of nitrogens with zero attached hydrogens (tertiary/aromatic N) is 1. The average Bonchev–Trinajstić information content (AvgIpc) is 2.46. The van der Waals surface area contributed by atoms with Crippen LogP contribution in [0, 0.1) is 11.8 Å². The monoisotopic (exact) mass is 229 g/mol. The zero-order valence-electron chi connectivity index (χ0n) is 9.80. The third-order valence-corrected chi connectivity index (χ3v) is 2.81. The highest BCUT2D eigenvalue weighted by atomic mass is 14.6. The number of hydrogen-bond acceptors (Lipinski definition) is 1. The molecule has 0 aliphatic carbocycles. The summed E-state index contributed by atoms with van der Waals surface area (Å²) in [5.41, 5.74) is 2.04. The first-order valence-electron chi connectivity index (χ1n) is 5.83. The molecule has 0 aliphatic rings. The Morgan fingerprint density at radius 1 is 0.722 bits per heavy atom. The first-order valence-corrected chi connectivity index (χ1v) is 5.83. The van der Waals surface area contributed by atoms with Gasteiger partial charge in [0.15, 0.2) is 0 Å². The molecule has 0 radical (unpaired) electrons. The van der Waals surface area contributed by atoms with Crippen molar-refractivity contribution in [1.29, 1.82) is 0 Å². The number of rotatable bonds is 0. The summed E-state index contributed by atoms with van der Waals surface area (Å²) in [5.74, 6) is 6.39. The summed E-state index contributed by atoms with van der Waals surface area (Å²) in [6.45, 7) is 0. The molecule has 0 saturated heterocycles. The second kappa shape index (κ2) is 4.73. The number of hydrogen-bond donors (Lipinski definition) is 0. The highest BCUT2D eigenvalue weighted by molar-refractivity contribution is 5.88. The van der Waals surface area contributed by atoms with Gasteiger partial charge in [0.25, 0.3) is 0 Å². The minimum atomic E-state index is 0.984. The molecule has 1 heterocycles. The lowest BCUT2D eigenvalue weighted by molar-refractivity contribution is 1.32. The van der Waals surface area contributed by atoms with Crippen LogP contribution < -0.4 is 0 Å². The Bertz CT molecular complexity index is 728. The molecule has 3 rings (SSSR count). The molecule has 3 aromatic rings. The first kappa shape index (κ1) is 10.6. The molecule has 0 saturated carbocycles. The summed E-state index contributed by atoms with van der Waals surface area (Å²) in [7, 11) is 0. The third-order valence-electron chi connectivity index (χ3n) is 2.81. The Kier molecular flexibility index (Phi) is 2.77. The van der Waals surface area contributed by atoms with E-state index in [9.17, 15) is 0 Å². The second-order valence-electron chi connectivity index (χ2n) is 4.01. The van der Waals surface area contributed by atoms with Crippen LogP contribution in [0.25, 0.3) is 10.8 Å². The van der Waals surface area contributed by atoms with E-state index >= 15 is 0 Å². The van der Waals surface area contributed by atoms with E-state index < -0.39 is 0 Å². The summed E-state index contributed by atoms with van der Waals surface area (Å²) in [6.07, 6.45) is 3.51. The summed E-state index contributed by atoms with van der Waals surface area (Å²) < 4.78 is 0. The van der Waals surface area contributed by atoms with Crippen molar-refractivity contribution in [3.8, 4) is 11.8 Å². The number of fused-ring (bicyclic) bond motifs is 1. The van der Waals surface area contributed by atoms with Gasteiger partial charge in [-0.1, -0.05) is 48.2 Å². The minimum Gasteiger partial charge on any atom is -0.265 e. The fraction of sp³-hybridized carbons (Fsp3) is 0. The lowest BCUT2D eigenvalue weighted by Gasteiger charge is -1.99. The largest absolute Gasteiger partial charge is 0.265 e. The molecular formula is C17H11N. The molecule has 0 N–H and O–H groups in total. The Labute approximate surface area is 106 Å². The Balaban J connectivity index is 2.09. The lowest BCUT2D eigenvalue weighted by Crippen LogP contribution is -1.80. The number of pyridine rings is 1. The van der Waals surface area contributed by atoms with E-state index in [1.807, 2.05) is 30.3 Å². The van der Waals surface area contributed by atoms with Gasteiger partial charge in [0.2, 0.25) is 0 Å². The molecule has 84 valence electrons. The van der Waals surface area contributed by atoms with Crippen LogP contribution in [-0.4, -0.2) is 4.98 Å².